The molecule has 4 rings (SSSR count). The Labute approximate surface area is 188 Å². The van der Waals surface area contributed by atoms with Gasteiger partial charge < -0.3 is 15.0 Å². The third-order valence-corrected chi connectivity index (χ3v) is 6.15. The SMILES string of the molecule is C#CCOc1ccc([C@H]2CC(=O)Nc3nc(SCc4ccccc4Cl)[nH]c(=O)c32)cc1. The van der Waals surface area contributed by atoms with Gasteiger partial charge in [-0.3, -0.25) is 9.59 Å². The quantitative estimate of drug-likeness (QED) is 0.333. The molecule has 6 nitrogen and oxygen atoms in total. The first kappa shape index (κ1) is 21.0. The van der Waals surface area contributed by atoms with Crippen LogP contribution in [-0.4, -0.2) is 22.5 Å². The number of benzene rings is 2. The first-order valence-corrected chi connectivity index (χ1v) is 10.9. The van der Waals surface area contributed by atoms with Crippen LogP contribution in [-0.2, 0) is 10.5 Å². The van der Waals surface area contributed by atoms with E-state index in [0.717, 1.165) is 11.1 Å². The maximum absolute atomic E-state index is 12.9. The predicted octanol–water partition coefficient (Wildman–Crippen LogP) is 4.20. The molecule has 156 valence electrons. The van der Waals surface area contributed by atoms with Crippen molar-refractivity contribution in [3.05, 3.63) is 80.6 Å². The van der Waals surface area contributed by atoms with Crippen molar-refractivity contribution < 1.29 is 9.53 Å². The number of amides is 1. The van der Waals surface area contributed by atoms with Crippen LogP contribution in [0, 0.1) is 12.3 Å². The molecular weight excluding hydrogens is 434 g/mol. The lowest BCUT2D eigenvalue weighted by Gasteiger charge is -2.24. The zero-order valence-corrected chi connectivity index (χ0v) is 17.9. The first-order valence-electron chi connectivity index (χ1n) is 9.51. The van der Waals surface area contributed by atoms with Gasteiger partial charge in [0.2, 0.25) is 5.91 Å². The Morgan fingerprint density at radius 1 is 1.19 bits per heavy atom. The summed E-state index contributed by atoms with van der Waals surface area (Å²) in [5.74, 6) is 3.28. The normalized spacial score (nSPS) is 15.0. The fourth-order valence-corrected chi connectivity index (χ4v) is 4.53. The number of ether oxygens (including phenoxy) is 1. The van der Waals surface area contributed by atoms with Crippen LogP contribution in [0.1, 0.15) is 29.0 Å². The number of hydrogen-bond donors (Lipinski definition) is 2. The molecule has 0 saturated carbocycles. The number of hydrogen-bond acceptors (Lipinski definition) is 5. The Bertz CT molecular complexity index is 1220. The molecule has 1 atom stereocenters. The molecule has 0 fully saturated rings. The summed E-state index contributed by atoms with van der Waals surface area (Å²) in [6.45, 7) is 0.173. The number of thioether (sulfide) groups is 1. The second kappa shape index (κ2) is 9.29. The Balaban J connectivity index is 1.60. The Kier molecular flexibility index (Phi) is 6.31. The molecule has 0 saturated heterocycles. The fraction of sp³-hybridized carbons (Fsp3) is 0.174. The summed E-state index contributed by atoms with van der Waals surface area (Å²) in [4.78, 5) is 32.6. The monoisotopic (exact) mass is 451 g/mol. The molecule has 3 aromatic rings. The van der Waals surface area contributed by atoms with E-state index in [-0.39, 0.29) is 24.5 Å². The van der Waals surface area contributed by atoms with E-state index in [2.05, 4.69) is 21.2 Å². The molecule has 0 spiro atoms. The number of aromatic amines is 1. The molecule has 1 aliphatic heterocycles. The van der Waals surface area contributed by atoms with Crippen molar-refractivity contribution in [1.82, 2.24) is 9.97 Å². The number of halogens is 1. The summed E-state index contributed by atoms with van der Waals surface area (Å²) in [7, 11) is 0. The molecule has 1 aromatic heterocycles. The Morgan fingerprint density at radius 2 is 1.97 bits per heavy atom. The zero-order chi connectivity index (χ0) is 21.8. The number of nitrogens with one attached hydrogen (secondary N) is 2. The third-order valence-electron chi connectivity index (χ3n) is 4.86. The number of anilines is 1. The predicted molar refractivity (Wildman–Crippen MR) is 122 cm³/mol. The molecule has 0 radical (unpaired) electrons. The van der Waals surface area contributed by atoms with E-state index in [1.807, 2.05) is 36.4 Å². The minimum Gasteiger partial charge on any atom is -0.481 e. The minimum atomic E-state index is -0.399. The lowest BCUT2D eigenvalue weighted by molar-refractivity contribution is -0.116. The molecule has 2 N–H and O–H groups in total. The van der Waals surface area contributed by atoms with E-state index in [1.165, 1.54) is 11.8 Å². The van der Waals surface area contributed by atoms with Gasteiger partial charge in [0, 0.05) is 23.1 Å². The molecule has 0 unspecified atom stereocenters. The molecule has 0 bridgehead atoms. The number of rotatable bonds is 6. The van der Waals surface area contributed by atoms with Crippen molar-refractivity contribution in [3.63, 3.8) is 0 Å². The number of H-pyrrole nitrogens is 1. The molecule has 1 aliphatic rings. The highest BCUT2D eigenvalue weighted by Gasteiger charge is 2.31. The average molecular weight is 452 g/mol. The number of carbonyl (C=O) groups excluding carboxylic acids is 1. The van der Waals surface area contributed by atoms with Crippen molar-refractivity contribution in [3.8, 4) is 18.1 Å². The minimum absolute atomic E-state index is 0.161. The molecule has 8 heteroatoms. The van der Waals surface area contributed by atoms with Gasteiger partial charge in [-0.15, -0.1) is 6.42 Å². The Hall–Kier alpha value is -3.21. The summed E-state index contributed by atoms with van der Waals surface area (Å²) in [6.07, 6.45) is 5.37. The molecular formula is C23H18ClN3O3S. The fourth-order valence-electron chi connectivity index (χ4n) is 3.39. The van der Waals surface area contributed by atoms with Crippen molar-refractivity contribution >= 4 is 35.1 Å². The number of aromatic nitrogens is 2. The van der Waals surface area contributed by atoms with E-state index in [1.54, 1.807) is 12.1 Å². The van der Waals surface area contributed by atoms with E-state index in [9.17, 15) is 9.59 Å². The van der Waals surface area contributed by atoms with Crippen molar-refractivity contribution in [2.45, 2.75) is 23.2 Å². The third kappa shape index (κ3) is 4.76. The lowest BCUT2D eigenvalue weighted by atomic mass is 9.87. The van der Waals surface area contributed by atoms with Crippen LogP contribution >= 0.6 is 23.4 Å². The molecule has 31 heavy (non-hydrogen) atoms. The lowest BCUT2D eigenvalue weighted by Crippen LogP contribution is -2.31. The van der Waals surface area contributed by atoms with Crippen LogP contribution in [0.2, 0.25) is 5.02 Å². The van der Waals surface area contributed by atoms with E-state index in [4.69, 9.17) is 22.8 Å². The highest BCUT2D eigenvalue weighted by Crippen LogP contribution is 2.35. The van der Waals surface area contributed by atoms with Crippen molar-refractivity contribution in [2.75, 3.05) is 11.9 Å². The van der Waals surface area contributed by atoms with Gasteiger partial charge in [0.1, 0.15) is 18.2 Å². The van der Waals surface area contributed by atoms with Gasteiger partial charge in [-0.1, -0.05) is 59.6 Å². The van der Waals surface area contributed by atoms with Gasteiger partial charge in [-0.05, 0) is 29.3 Å². The van der Waals surface area contributed by atoms with Crippen LogP contribution in [0.4, 0.5) is 5.82 Å². The first-order chi connectivity index (χ1) is 15.0. The van der Waals surface area contributed by atoms with Crippen LogP contribution < -0.4 is 15.6 Å². The molecule has 0 aliphatic carbocycles. The highest BCUT2D eigenvalue weighted by atomic mass is 35.5. The summed E-state index contributed by atoms with van der Waals surface area (Å²) >= 11 is 7.55. The van der Waals surface area contributed by atoms with Crippen molar-refractivity contribution in [2.24, 2.45) is 0 Å². The number of fused-ring (bicyclic) bond motifs is 1. The second-order valence-corrected chi connectivity index (χ2v) is 8.25. The maximum Gasteiger partial charge on any atom is 0.257 e. The van der Waals surface area contributed by atoms with Gasteiger partial charge in [-0.2, -0.15) is 0 Å². The van der Waals surface area contributed by atoms with Gasteiger partial charge in [0.25, 0.3) is 5.56 Å². The van der Waals surface area contributed by atoms with E-state index in [0.29, 0.717) is 33.1 Å². The van der Waals surface area contributed by atoms with Crippen molar-refractivity contribution in [1.29, 1.82) is 0 Å². The standard InChI is InChI=1S/C23H18ClN3O3S/c1-2-11-30-16-9-7-14(8-10-16)17-12-19(28)25-21-20(17)22(29)27-23(26-21)31-13-15-5-3-4-6-18(15)24/h1,3-10,17H,11-13H2,(H2,25,26,27,28,29)/t17-/m1/s1. The largest absolute Gasteiger partial charge is 0.481 e. The van der Waals surface area contributed by atoms with Crippen LogP contribution in [0.25, 0.3) is 0 Å². The van der Waals surface area contributed by atoms with Crippen LogP contribution in [0.3, 0.4) is 0 Å². The van der Waals surface area contributed by atoms with Gasteiger partial charge in [0.15, 0.2) is 5.16 Å². The summed E-state index contributed by atoms with van der Waals surface area (Å²) in [5, 5.41) is 3.80. The molecule has 2 heterocycles. The van der Waals surface area contributed by atoms with Gasteiger partial charge in [-0.25, -0.2) is 4.98 Å². The van der Waals surface area contributed by atoms with Crippen LogP contribution in [0.5, 0.6) is 5.75 Å². The van der Waals surface area contributed by atoms with E-state index >= 15 is 0 Å². The van der Waals surface area contributed by atoms with Gasteiger partial charge >= 0.3 is 0 Å². The van der Waals surface area contributed by atoms with E-state index < -0.39 is 5.92 Å². The maximum atomic E-state index is 12.9. The molecule has 1 amide bonds. The number of terminal acetylenes is 1. The number of carbonyl (C=O) groups is 1. The topological polar surface area (TPSA) is 84.1 Å². The summed E-state index contributed by atoms with van der Waals surface area (Å²) in [5.41, 5.74) is 1.93. The second-order valence-electron chi connectivity index (χ2n) is 6.88. The summed E-state index contributed by atoms with van der Waals surface area (Å²) in [6, 6.07) is 14.7. The highest BCUT2D eigenvalue weighted by molar-refractivity contribution is 7.98. The Morgan fingerprint density at radius 3 is 2.71 bits per heavy atom. The van der Waals surface area contributed by atoms with Crippen LogP contribution in [0.15, 0.2) is 58.5 Å². The summed E-state index contributed by atoms with van der Waals surface area (Å²) < 4.78 is 5.39. The van der Waals surface area contributed by atoms with Gasteiger partial charge in [0.05, 0.1) is 5.56 Å². The average Bonchev–Trinajstić information content (AvgIpc) is 2.76. The molecule has 2 aromatic carbocycles. The number of nitrogens with zero attached hydrogens (tertiary/aromatic N) is 1. The zero-order valence-electron chi connectivity index (χ0n) is 16.4. The smallest absolute Gasteiger partial charge is 0.257 e.